The molecule has 0 aromatic heterocycles. The molecule has 1 saturated heterocycles. The Morgan fingerprint density at radius 3 is 2.71 bits per heavy atom. The molecule has 1 fully saturated rings. The second-order valence-electron chi connectivity index (χ2n) is 5.36. The SMILES string of the molecule is OC(COc1cccc2ccccc12)CN1CCOCC1. The number of fused-ring (bicyclic) bond motifs is 1. The summed E-state index contributed by atoms with van der Waals surface area (Å²) < 4.78 is 11.1. The molecule has 2 aromatic rings. The van der Waals surface area contributed by atoms with Crippen LogP contribution >= 0.6 is 0 Å². The third-order valence-electron chi connectivity index (χ3n) is 3.75. The first-order chi connectivity index (χ1) is 10.3. The molecule has 112 valence electrons. The van der Waals surface area contributed by atoms with Gasteiger partial charge in [-0.15, -0.1) is 0 Å². The lowest BCUT2D eigenvalue weighted by molar-refractivity contribution is 0.00480. The Labute approximate surface area is 124 Å². The predicted octanol–water partition coefficient (Wildman–Crippen LogP) is 1.91. The van der Waals surface area contributed by atoms with Gasteiger partial charge in [0.15, 0.2) is 0 Å². The number of rotatable bonds is 5. The van der Waals surface area contributed by atoms with Gasteiger partial charge in [-0.25, -0.2) is 0 Å². The van der Waals surface area contributed by atoms with Gasteiger partial charge in [-0.3, -0.25) is 4.90 Å². The van der Waals surface area contributed by atoms with Crippen LogP contribution in [0.15, 0.2) is 42.5 Å². The Hall–Kier alpha value is -1.62. The summed E-state index contributed by atoms with van der Waals surface area (Å²) in [5.41, 5.74) is 0. The largest absolute Gasteiger partial charge is 0.490 e. The number of ether oxygens (including phenoxy) is 2. The number of aliphatic hydroxyl groups excluding tert-OH is 1. The lowest BCUT2D eigenvalue weighted by Crippen LogP contribution is -2.42. The summed E-state index contributed by atoms with van der Waals surface area (Å²) in [4.78, 5) is 2.21. The van der Waals surface area contributed by atoms with Crippen molar-refractivity contribution in [2.75, 3.05) is 39.5 Å². The highest BCUT2D eigenvalue weighted by atomic mass is 16.5. The molecule has 1 N–H and O–H groups in total. The zero-order valence-corrected chi connectivity index (χ0v) is 12.1. The minimum atomic E-state index is -0.484. The van der Waals surface area contributed by atoms with E-state index in [-0.39, 0.29) is 0 Å². The molecular formula is C17H21NO3. The minimum Gasteiger partial charge on any atom is -0.490 e. The fraction of sp³-hybridized carbons (Fsp3) is 0.412. The first-order valence-corrected chi connectivity index (χ1v) is 7.41. The van der Waals surface area contributed by atoms with Gasteiger partial charge in [0.1, 0.15) is 18.5 Å². The summed E-state index contributed by atoms with van der Waals surface area (Å²) in [6.07, 6.45) is -0.484. The third-order valence-corrected chi connectivity index (χ3v) is 3.75. The first-order valence-electron chi connectivity index (χ1n) is 7.41. The summed E-state index contributed by atoms with van der Waals surface area (Å²) in [6, 6.07) is 14.1. The maximum absolute atomic E-state index is 10.1. The van der Waals surface area contributed by atoms with Gasteiger partial charge in [-0.1, -0.05) is 36.4 Å². The highest BCUT2D eigenvalue weighted by molar-refractivity contribution is 5.88. The van der Waals surface area contributed by atoms with Crippen molar-refractivity contribution in [3.63, 3.8) is 0 Å². The van der Waals surface area contributed by atoms with Crippen LogP contribution in [0.3, 0.4) is 0 Å². The molecule has 4 heteroatoms. The van der Waals surface area contributed by atoms with E-state index in [4.69, 9.17) is 9.47 Å². The van der Waals surface area contributed by atoms with Gasteiger partial charge in [-0.2, -0.15) is 0 Å². The molecule has 4 nitrogen and oxygen atoms in total. The molecule has 0 aliphatic carbocycles. The van der Waals surface area contributed by atoms with E-state index < -0.39 is 6.10 Å². The highest BCUT2D eigenvalue weighted by Crippen LogP contribution is 2.25. The zero-order chi connectivity index (χ0) is 14.5. The summed E-state index contributed by atoms with van der Waals surface area (Å²) in [6.45, 7) is 4.20. The molecule has 3 rings (SSSR count). The first kappa shape index (κ1) is 14.3. The Kier molecular flexibility index (Phi) is 4.70. The average Bonchev–Trinajstić information content (AvgIpc) is 2.54. The molecule has 1 unspecified atom stereocenters. The lowest BCUT2D eigenvalue weighted by atomic mass is 10.1. The summed E-state index contributed by atoms with van der Waals surface area (Å²) in [5, 5.41) is 12.4. The van der Waals surface area contributed by atoms with E-state index in [2.05, 4.69) is 17.0 Å². The van der Waals surface area contributed by atoms with Crippen molar-refractivity contribution >= 4 is 10.8 Å². The Morgan fingerprint density at radius 1 is 1.10 bits per heavy atom. The van der Waals surface area contributed by atoms with Crippen LogP contribution in [0, 0.1) is 0 Å². The lowest BCUT2D eigenvalue weighted by Gasteiger charge is -2.28. The summed E-state index contributed by atoms with van der Waals surface area (Å²) in [5.74, 6) is 0.828. The molecule has 0 radical (unpaired) electrons. The van der Waals surface area contributed by atoms with Gasteiger partial charge in [0.25, 0.3) is 0 Å². The van der Waals surface area contributed by atoms with Crippen LogP contribution in [0.2, 0.25) is 0 Å². The fourth-order valence-electron chi connectivity index (χ4n) is 2.64. The van der Waals surface area contributed by atoms with Crippen LogP contribution in [0.1, 0.15) is 0 Å². The molecule has 0 bridgehead atoms. The summed E-state index contributed by atoms with van der Waals surface area (Å²) in [7, 11) is 0. The van der Waals surface area contributed by atoms with Crippen molar-refractivity contribution in [2.45, 2.75) is 6.10 Å². The van der Waals surface area contributed by atoms with Crippen LogP contribution in [0.4, 0.5) is 0 Å². The normalized spacial score (nSPS) is 17.8. The van der Waals surface area contributed by atoms with E-state index in [1.165, 1.54) is 0 Å². The third kappa shape index (κ3) is 3.73. The van der Waals surface area contributed by atoms with Crippen molar-refractivity contribution in [1.29, 1.82) is 0 Å². The van der Waals surface area contributed by atoms with Gasteiger partial charge in [0, 0.05) is 25.0 Å². The summed E-state index contributed by atoms with van der Waals surface area (Å²) >= 11 is 0. The molecule has 1 atom stereocenters. The number of hydrogen-bond acceptors (Lipinski definition) is 4. The minimum absolute atomic E-state index is 0.311. The van der Waals surface area contributed by atoms with Crippen molar-refractivity contribution < 1.29 is 14.6 Å². The maximum Gasteiger partial charge on any atom is 0.127 e. The molecule has 1 aliphatic rings. The van der Waals surface area contributed by atoms with Crippen molar-refractivity contribution in [1.82, 2.24) is 4.90 Å². The van der Waals surface area contributed by atoms with Gasteiger partial charge >= 0.3 is 0 Å². The van der Waals surface area contributed by atoms with E-state index in [9.17, 15) is 5.11 Å². The fourth-order valence-corrected chi connectivity index (χ4v) is 2.64. The van der Waals surface area contributed by atoms with E-state index in [0.717, 1.165) is 42.8 Å². The Bertz CT molecular complexity index is 576. The van der Waals surface area contributed by atoms with E-state index >= 15 is 0 Å². The molecule has 2 aromatic carbocycles. The Morgan fingerprint density at radius 2 is 1.86 bits per heavy atom. The molecular weight excluding hydrogens is 266 g/mol. The van der Waals surface area contributed by atoms with E-state index in [0.29, 0.717) is 13.2 Å². The number of hydrogen-bond donors (Lipinski definition) is 1. The molecule has 0 amide bonds. The number of β-amino-alcohol motifs (C(OH)–C–C–N with tert-alkyl or cyclic N) is 1. The molecule has 0 spiro atoms. The van der Waals surface area contributed by atoms with Crippen molar-refractivity contribution in [3.8, 4) is 5.75 Å². The van der Waals surface area contributed by atoms with E-state index in [1.54, 1.807) is 0 Å². The van der Waals surface area contributed by atoms with Crippen LogP contribution in [0.25, 0.3) is 10.8 Å². The number of aliphatic hydroxyl groups is 1. The van der Waals surface area contributed by atoms with Crippen molar-refractivity contribution in [2.24, 2.45) is 0 Å². The predicted molar refractivity (Wildman–Crippen MR) is 82.7 cm³/mol. The van der Waals surface area contributed by atoms with Crippen LogP contribution < -0.4 is 4.74 Å². The van der Waals surface area contributed by atoms with Crippen molar-refractivity contribution in [3.05, 3.63) is 42.5 Å². The van der Waals surface area contributed by atoms with Crippen LogP contribution in [0.5, 0.6) is 5.75 Å². The standard InChI is InChI=1S/C17H21NO3/c19-15(12-18-8-10-20-11-9-18)13-21-17-7-3-5-14-4-1-2-6-16(14)17/h1-7,15,19H,8-13H2. The number of nitrogens with zero attached hydrogens (tertiary/aromatic N) is 1. The molecule has 0 saturated carbocycles. The highest BCUT2D eigenvalue weighted by Gasteiger charge is 2.15. The second-order valence-corrected chi connectivity index (χ2v) is 5.36. The zero-order valence-electron chi connectivity index (χ0n) is 12.1. The Balaban J connectivity index is 1.58. The monoisotopic (exact) mass is 287 g/mol. The van der Waals surface area contributed by atoms with Gasteiger partial charge in [0.2, 0.25) is 0 Å². The quantitative estimate of drug-likeness (QED) is 0.912. The van der Waals surface area contributed by atoms with Crippen LogP contribution in [-0.2, 0) is 4.74 Å². The second kappa shape index (κ2) is 6.89. The molecule has 21 heavy (non-hydrogen) atoms. The average molecular weight is 287 g/mol. The topological polar surface area (TPSA) is 41.9 Å². The molecule has 1 heterocycles. The van der Waals surface area contributed by atoms with Gasteiger partial charge < -0.3 is 14.6 Å². The smallest absolute Gasteiger partial charge is 0.127 e. The number of morpholine rings is 1. The number of benzene rings is 2. The van der Waals surface area contributed by atoms with E-state index in [1.807, 2.05) is 30.3 Å². The molecule has 1 aliphatic heterocycles. The van der Waals surface area contributed by atoms with Gasteiger partial charge in [0.05, 0.1) is 13.2 Å². The van der Waals surface area contributed by atoms with Crippen LogP contribution in [-0.4, -0.2) is 55.6 Å². The maximum atomic E-state index is 10.1. The van der Waals surface area contributed by atoms with Gasteiger partial charge in [-0.05, 0) is 11.5 Å².